The van der Waals surface area contributed by atoms with Gasteiger partial charge in [0, 0.05) is 36.2 Å². The number of aliphatic hydroxyl groups excluding tert-OH is 1. The summed E-state index contributed by atoms with van der Waals surface area (Å²) in [5.74, 6) is 4.79. The van der Waals surface area contributed by atoms with E-state index in [1.165, 1.54) is 14.0 Å². The quantitative estimate of drug-likeness (QED) is 0.365. The Labute approximate surface area is 189 Å². The molecule has 2 heterocycles. The summed E-state index contributed by atoms with van der Waals surface area (Å²) < 4.78 is 3.04. The van der Waals surface area contributed by atoms with E-state index in [0.717, 1.165) is 5.52 Å². The Kier molecular flexibility index (Phi) is 4.52. The van der Waals surface area contributed by atoms with Crippen molar-refractivity contribution in [2.45, 2.75) is 20.0 Å². The zero-order valence-electron chi connectivity index (χ0n) is 18.6. The van der Waals surface area contributed by atoms with Gasteiger partial charge in [0.15, 0.2) is 0 Å². The van der Waals surface area contributed by atoms with Gasteiger partial charge in [0.05, 0.1) is 16.7 Å². The van der Waals surface area contributed by atoms with E-state index in [4.69, 9.17) is 0 Å². The number of aliphatic hydroxyl groups is 1. The SMILES string of the molecule is Cc1cc2c(cc1N1C(=O)c3cccc4c(C#CC(C)O)ccc(c34)C1=O)n(C)c(=O)n2C. The van der Waals surface area contributed by atoms with Crippen LogP contribution in [0.5, 0.6) is 0 Å². The summed E-state index contributed by atoms with van der Waals surface area (Å²) in [5.41, 5.74) is 3.79. The molecule has 1 atom stereocenters. The maximum atomic E-state index is 13.6. The van der Waals surface area contributed by atoms with E-state index in [2.05, 4.69) is 11.8 Å². The van der Waals surface area contributed by atoms with Gasteiger partial charge in [-0.1, -0.05) is 24.0 Å². The molecule has 1 aliphatic heterocycles. The maximum Gasteiger partial charge on any atom is 0.328 e. The number of aromatic nitrogens is 2. The van der Waals surface area contributed by atoms with Gasteiger partial charge in [-0.3, -0.25) is 18.7 Å². The zero-order chi connectivity index (χ0) is 23.6. The summed E-state index contributed by atoms with van der Waals surface area (Å²) in [6.07, 6.45) is -0.790. The molecule has 5 rings (SSSR count). The average molecular weight is 439 g/mol. The van der Waals surface area contributed by atoms with E-state index < -0.39 is 17.9 Å². The van der Waals surface area contributed by atoms with Crippen LogP contribution in [0.2, 0.25) is 0 Å². The molecule has 33 heavy (non-hydrogen) atoms. The van der Waals surface area contributed by atoms with E-state index in [0.29, 0.717) is 44.2 Å². The van der Waals surface area contributed by atoms with Gasteiger partial charge in [0.2, 0.25) is 0 Å². The number of amides is 2. The molecule has 1 N–H and O–H groups in total. The zero-order valence-corrected chi connectivity index (χ0v) is 18.6. The lowest BCUT2D eigenvalue weighted by molar-refractivity contribution is 0.0893. The number of hydrogen-bond acceptors (Lipinski definition) is 4. The van der Waals surface area contributed by atoms with Gasteiger partial charge in [-0.15, -0.1) is 0 Å². The smallest absolute Gasteiger partial charge is 0.328 e. The van der Waals surface area contributed by atoms with Gasteiger partial charge in [-0.2, -0.15) is 0 Å². The average Bonchev–Trinajstić information content (AvgIpc) is 2.99. The molecule has 0 bridgehead atoms. The second-order valence-electron chi connectivity index (χ2n) is 8.31. The highest BCUT2D eigenvalue weighted by Crippen LogP contribution is 2.36. The van der Waals surface area contributed by atoms with Gasteiger partial charge >= 0.3 is 5.69 Å². The van der Waals surface area contributed by atoms with Crippen molar-refractivity contribution in [3.05, 3.63) is 75.2 Å². The minimum atomic E-state index is -0.790. The van der Waals surface area contributed by atoms with Gasteiger partial charge < -0.3 is 5.11 Å². The number of anilines is 1. The normalized spacial score (nSPS) is 14.0. The molecule has 3 aromatic carbocycles. The fourth-order valence-electron chi connectivity index (χ4n) is 4.49. The summed E-state index contributed by atoms with van der Waals surface area (Å²) >= 11 is 0. The largest absolute Gasteiger partial charge is 0.381 e. The van der Waals surface area contributed by atoms with Crippen LogP contribution in [-0.2, 0) is 14.1 Å². The Morgan fingerprint density at radius 1 is 0.909 bits per heavy atom. The number of rotatable bonds is 1. The lowest BCUT2D eigenvalue weighted by Crippen LogP contribution is -2.41. The van der Waals surface area contributed by atoms with Crippen LogP contribution in [0.4, 0.5) is 5.69 Å². The molecule has 164 valence electrons. The molecule has 0 radical (unpaired) electrons. The van der Waals surface area contributed by atoms with Crippen LogP contribution in [0.25, 0.3) is 21.8 Å². The van der Waals surface area contributed by atoms with Crippen molar-refractivity contribution < 1.29 is 14.7 Å². The van der Waals surface area contributed by atoms with Crippen molar-refractivity contribution in [3.8, 4) is 11.8 Å². The summed E-state index contributed by atoms with van der Waals surface area (Å²) in [6.45, 7) is 3.39. The summed E-state index contributed by atoms with van der Waals surface area (Å²) in [7, 11) is 3.35. The van der Waals surface area contributed by atoms with E-state index in [-0.39, 0.29) is 5.69 Å². The second kappa shape index (κ2) is 7.19. The molecule has 0 aliphatic carbocycles. The topological polar surface area (TPSA) is 84.5 Å². The summed E-state index contributed by atoms with van der Waals surface area (Å²) in [4.78, 5) is 40.8. The van der Waals surface area contributed by atoms with E-state index in [1.807, 2.05) is 19.1 Å². The minimum Gasteiger partial charge on any atom is -0.381 e. The number of carbonyl (C=O) groups excluding carboxylic acids is 2. The molecule has 1 aromatic heterocycles. The lowest BCUT2D eigenvalue weighted by Gasteiger charge is -2.28. The third-order valence-electron chi connectivity index (χ3n) is 6.15. The molecule has 0 saturated heterocycles. The van der Waals surface area contributed by atoms with Crippen molar-refractivity contribution in [3.63, 3.8) is 0 Å². The molecule has 7 nitrogen and oxygen atoms in total. The van der Waals surface area contributed by atoms with Gasteiger partial charge in [-0.25, -0.2) is 9.69 Å². The van der Waals surface area contributed by atoms with Crippen LogP contribution in [-0.4, -0.2) is 32.2 Å². The Bertz CT molecular complexity index is 1620. The van der Waals surface area contributed by atoms with Gasteiger partial charge in [0.1, 0.15) is 6.10 Å². The lowest BCUT2D eigenvalue weighted by atomic mass is 9.90. The molecule has 1 unspecified atom stereocenters. The molecule has 0 saturated carbocycles. The molecule has 0 fully saturated rings. The first-order valence-corrected chi connectivity index (χ1v) is 10.5. The number of imidazole rings is 1. The fourth-order valence-corrected chi connectivity index (χ4v) is 4.49. The monoisotopic (exact) mass is 439 g/mol. The molecular weight excluding hydrogens is 418 g/mol. The molecular formula is C26H21N3O4. The fraction of sp³-hybridized carbons (Fsp3) is 0.192. The first kappa shape index (κ1) is 20.7. The molecule has 1 aliphatic rings. The third-order valence-corrected chi connectivity index (χ3v) is 6.15. The highest BCUT2D eigenvalue weighted by atomic mass is 16.3. The van der Waals surface area contributed by atoms with Crippen LogP contribution in [0, 0.1) is 18.8 Å². The predicted molar refractivity (Wildman–Crippen MR) is 127 cm³/mol. The Hall–Kier alpha value is -4.15. The number of carbonyl (C=O) groups is 2. The number of benzene rings is 3. The second-order valence-corrected chi connectivity index (χ2v) is 8.31. The molecule has 2 amide bonds. The maximum absolute atomic E-state index is 13.6. The van der Waals surface area contributed by atoms with Crippen molar-refractivity contribution in [1.29, 1.82) is 0 Å². The van der Waals surface area contributed by atoms with E-state index in [9.17, 15) is 19.5 Å². The number of aryl methyl sites for hydroxylation is 3. The standard InChI is InChI=1S/C26H21N3O4/c1-14-12-21-22(28(4)26(33)27(21)3)13-20(14)29-24(31)18-7-5-6-17-16(9-8-15(2)30)10-11-19(23(17)18)25(29)32/h5-7,10-13,15,30H,1-4H3. The van der Waals surface area contributed by atoms with Crippen molar-refractivity contribution in [2.75, 3.05) is 4.90 Å². The van der Waals surface area contributed by atoms with Crippen molar-refractivity contribution >= 4 is 39.3 Å². The Morgan fingerprint density at radius 3 is 2.21 bits per heavy atom. The highest BCUT2D eigenvalue weighted by Gasteiger charge is 2.35. The minimum absolute atomic E-state index is 0.182. The number of hydrogen-bond donors (Lipinski definition) is 1. The summed E-state index contributed by atoms with van der Waals surface area (Å²) in [6, 6.07) is 12.2. The molecule has 0 spiro atoms. The summed E-state index contributed by atoms with van der Waals surface area (Å²) in [5, 5.41) is 10.8. The molecule has 4 aromatic rings. The number of imide groups is 1. The first-order valence-electron chi connectivity index (χ1n) is 10.5. The van der Waals surface area contributed by atoms with E-state index >= 15 is 0 Å². The first-order chi connectivity index (χ1) is 15.7. The number of nitrogens with zero attached hydrogens (tertiary/aromatic N) is 3. The van der Waals surface area contributed by atoms with Crippen LogP contribution < -0.4 is 10.6 Å². The highest BCUT2D eigenvalue weighted by molar-refractivity contribution is 6.36. The van der Waals surface area contributed by atoms with Crippen molar-refractivity contribution in [1.82, 2.24) is 9.13 Å². The number of fused-ring (bicyclic) bond motifs is 1. The Balaban J connectivity index is 1.74. The van der Waals surface area contributed by atoms with Crippen LogP contribution in [0.3, 0.4) is 0 Å². The molecule has 7 heteroatoms. The van der Waals surface area contributed by atoms with E-state index in [1.54, 1.807) is 51.4 Å². The van der Waals surface area contributed by atoms with Crippen LogP contribution >= 0.6 is 0 Å². The third kappa shape index (κ3) is 2.92. The Morgan fingerprint density at radius 2 is 1.55 bits per heavy atom. The van der Waals surface area contributed by atoms with Gasteiger partial charge in [-0.05, 0) is 55.1 Å². The van der Waals surface area contributed by atoms with Crippen LogP contribution in [0.15, 0.2) is 47.3 Å². The van der Waals surface area contributed by atoms with Crippen molar-refractivity contribution in [2.24, 2.45) is 14.1 Å². The van der Waals surface area contributed by atoms with Crippen LogP contribution in [0.1, 0.15) is 38.8 Å². The van der Waals surface area contributed by atoms with Gasteiger partial charge in [0.25, 0.3) is 11.8 Å². The predicted octanol–water partition coefficient (Wildman–Crippen LogP) is 2.87.